The summed E-state index contributed by atoms with van der Waals surface area (Å²) in [5, 5.41) is 5.08. The monoisotopic (exact) mass is 390 g/mol. The Morgan fingerprint density at radius 3 is 2.71 bits per heavy atom. The third-order valence-corrected chi connectivity index (χ3v) is 6.08. The van der Waals surface area contributed by atoms with Gasteiger partial charge in [-0.05, 0) is 48.1 Å². The molecule has 4 nitrogen and oxygen atoms in total. The largest absolute Gasteiger partial charge is 0.325 e. The van der Waals surface area contributed by atoms with Crippen LogP contribution in [0.15, 0.2) is 66.0 Å². The normalized spacial score (nSPS) is 16.4. The number of hydrogen-bond donors (Lipinski definition) is 1. The third-order valence-electron chi connectivity index (χ3n) is 5.08. The summed E-state index contributed by atoms with van der Waals surface area (Å²) in [7, 11) is 0. The van der Waals surface area contributed by atoms with Crippen LogP contribution in [0, 0.1) is 0 Å². The summed E-state index contributed by atoms with van der Waals surface area (Å²) < 4.78 is 0. The van der Waals surface area contributed by atoms with Crippen LogP contribution in [-0.2, 0) is 11.2 Å². The van der Waals surface area contributed by atoms with Crippen molar-refractivity contribution >= 4 is 28.7 Å². The first-order valence-electron chi connectivity index (χ1n) is 9.38. The summed E-state index contributed by atoms with van der Waals surface area (Å²) in [5.74, 6) is -0.0819. The van der Waals surface area contributed by atoms with Gasteiger partial charge in [0.25, 0.3) is 0 Å². The minimum absolute atomic E-state index is 0.0127. The second kappa shape index (κ2) is 8.09. The lowest BCUT2D eigenvalue weighted by Crippen LogP contribution is -2.40. The van der Waals surface area contributed by atoms with E-state index in [1.807, 2.05) is 24.3 Å². The summed E-state index contributed by atoms with van der Waals surface area (Å²) >= 11 is 1.79. The van der Waals surface area contributed by atoms with E-state index in [2.05, 4.69) is 33.8 Å². The van der Waals surface area contributed by atoms with Gasteiger partial charge in [0.2, 0.25) is 5.91 Å². The van der Waals surface area contributed by atoms with Crippen molar-refractivity contribution in [3.63, 3.8) is 0 Å². The highest BCUT2D eigenvalue weighted by molar-refractivity contribution is 7.10. The fourth-order valence-electron chi connectivity index (χ4n) is 3.77. The summed E-state index contributed by atoms with van der Waals surface area (Å²) in [6.45, 7) is 2.67. The maximum atomic E-state index is 12.8. The minimum atomic E-state index is -0.0692. The van der Waals surface area contributed by atoms with Gasteiger partial charge >= 0.3 is 0 Å². The van der Waals surface area contributed by atoms with E-state index in [-0.39, 0.29) is 17.7 Å². The smallest absolute Gasteiger partial charge is 0.238 e. The van der Waals surface area contributed by atoms with Gasteiger partial charge in [-0.2, -0.15) is 0 Å². The van der Waals surface area contributed by atoms with Crippen LogP contribution in [0.3, 0.4) is 0 Å². The summed E-state index contributed by atoms with van der Waals surface area (Å²) in [5.41, 5.74) is 3.75. The molecule has 5 heteroatoms. The first kappa shape index (κ1) is 18.6. The number of anilines is 1. The number of amides is 1. The molecule has 1 aliphatic rings. The first-order valence-corrected chi connectivity index (χ1v) is 10.3. The molecule has 1 N–H and O–H groups in total. The minimum Gasteiger partial charge on any atom is -0.325 e. The molecule has 1 aromatic heterocycles. The number of fused-ring (bicyclic) bond motifs is 1. The van der Waals surface area contributed by atoms with Crippen LogP contribution in [0.25, 0.3) is 0 Å². The quantitative estimate of drug-likeness (QED) is 0.651. The summed E-state index contributed by atoms with van der Waals surface area (Å²) in [6.07, 6.45) is 0.962. The van der Waals surface area contributed by atoms with Gasteiger partial charge in [0.15, 0.2) is 5.78 Å². The van der Waals surface area contributed by atoms with Gasteiger partial charge < -0.3 is 5.32 Å². The number of rotatable bonds is 5. The Kier molecular flexibility index (Phi) is 5.37. The molecule has 0 unspecified atom stereocenters. The van der Waals surface area contributed by atoms with E-state index in [4.69, 9.17) is 0 Å². The van der Waals surface area contributed by atoms with E-state index in [0.717, 1.165) is 13.0 Å². The van der Waals surface area contributed by atoms with Crippen molar-refractivity contribution in [1.29, 1.82) is 0 Å². The number of carbonyl (C=O) groups is 2. The lowest BCUT2D eigenvalue weighted by molar-refractivity contribution is -0.117. The molecule has 28 heavy (non-hydrogen) atoms. The number of ketones is 1. The van der Waals surface area contributed by atoms with Gasteiger partial charge in [0, 0.05) is 22.7 Å². The molecule has 2 heterocycles. The topological polar surface area (TPSA) is 49.4 Å². The van der Waals surface area contributed by atoms with Gasteiger partial charge in [0.05, 0.1) is 12.6 Å². The lowest BCUT2D eigenvalue weighted by Gasteiger charge is -2.35. The Labute approximate surface area is 168 Å². The van der Waals surface area contributed by atoms with Crippen molar-refractivity contribution < 1.29 is 9.59 Å². The average Bonchev–Trinajstić information content (AvgIpc) is 3.17. The van der Waals surface area contributed by atoms with Crippen molar-refractivity contribution in [3.05, 3.63) is 87.6 Å². The van der Waals surface area contributed by atoms with E-state index in [1.165, 1.54) is 22.9 Å². The SMILES string of the molecule is CC(=O)c1cccc(NC(=O)CN2CCc3sccc3[C@H]2c2ccccc2)c1. The number of benzene rings is 2. The fraction of sp³-hybridized carbons (Fsp3) is 0.217. The van der Waals surface area contributed by atoms with Crippen molar-refractivity contribution in [2.75, 3.05) is 18.4 Å². The molecule has 1 aliphatic heterocycles. The molecule has 0 saturated carbocycles. The van der Waals surface area contributed by atoms with Gasteiger partial charge in [-0.25, -0.2) is 0 Å². The molecule has 1 atom stereocenters. The van der Waals surface area contributed by atoms with Crippen molar-refractivity contribution in [1.82, 2.24) is 4.90 Å². The Balaban J connectivity index is 1.54. The Hall–Kier alpha value is -2.76. The molecule has 2 aromatic carbocycles. The van der Waals surface area contributed by atoms with E-state index < -0.39 is 0 Å². The third kappa shape index (κ3) is 3.91. The highest BCUT2D eigenvalue weighted by Crippen LogP contribution is 2.37. The van der Waals surface area contributed by atoms with Crippen LogP contribution < -0.4 is 5.32 Å². The number of nitrogens with zero attached hydrogens (tertiary/aromatic N) is 1. The molecule has 0 fully saturated rings. The predicted molar refractivity (Wildman–Crippen MR) is 113 cm³/mol. The first-order chi connectivity index (χ1) is 13.6. The summed E-state index contributed by atoms with van der Waals surface area (Å²) in [4.78, 5) is 28.0. The van der Waals surface area contributed by atoms with Crippen LogP contribution in [0.5, 0.6) is 0 Å². The van der Waals surface area contributed by atoms with Gasteiger partial charge in [0.1, 0.15) is 0 Å². The van der Waals surface area contributed by atoms with Gasteiger partial charge in [-0.3, -0.25) is 14.5 Å². The maximum absolute atomic E-state index is 12.8. The number of nitrogens with one attached hydrogen (secondary N) is 1. The van der Waals surface area contributed by atoms with Crippen LogP contribution in [0.1, 0.15) is 39.3 Å². The average molecular weight is 391 g/mol. The molecule has 3 aromatic rings. The number of hydrogen-bond acceptors (Lipinski definition) is 4. The highest BCUT2D eigenvalue weighted by atomic mass is 32.1. The fourth-order valence-corrected chi connectivity index (χ4v) is 4.67. The van der Waals surface area contributed by atoms with Crippen molar-refractivity contribution in [2.45, 2.75) is 19.4 Å². The number of thiophene rings is 1. The van der Waals surface area contributed by atoms with E-state index in [0.29, 0.717) is 17.8 Å². The Bertz CT molecular complexity index is 997. The molecule has 0 bridgehead atoms. The molecule has 4 rings (SSSR count). The molecule has 0 aliphatic carbocycles. The molecule has 0 spiro atoms. The van der Waals surface area contributed by atoms with Crippen LogP contribution >= 0.6 is 11.3 Å². The van der Waals surface area contributed by atoms with Crippen LogP contribution in [-0.4, -0.2) is 29.7 Å². The predicted octanol–water partition coefficient (Wildman–Crippen LogP) is 4.54. The standard InChI is InChI=1S/C23H22N2O2S/c1-16(26)18-8-5-9-19(14-18)24-22(27)15-25-12-10-21-20(11-13-28-21)23(25)17-6-3-2-4-7-17/h2-9,11,13-14,23H,10,12,15H2,1H3,(H,24,27)/t23-/m1/s1. The number of Topliss-reactive ketones (excluding diaryl/α,β-unsaturated/α-hetero) is 1. The zero-order chi connectivity index (χ0) is 19.5. The molecular weight excluding hydrogens is 368 g/mol. The van der Waals surface area contributed by atoms with Crippen molar-refractivity contribution in [2.24, 2.45) is 0 Å². The van der Waals surface area contributed by atoms with E-state index >= 15 is 0 Å². The highest BCUT2D eigenvalue weighted by Gasteiger charge is 2.30. The van der Waals surface area contributed by atoms with Crippen molar-refractivity contribution in [3.8, 4) is 0 Å². The van der Waals surface area contributed by atoms with Gasteiger partial charge in [-0.1, -0.05) is 42.5 Å². The van der Waals surface area contributed by atoms with E-state index in [1.54, 1.807) is 29.5 Å². The Morgan fingerprint density at radius 1 is 1.11 bits per heavy atom. The van der Waals surface area contributed by atoms with Gasteiger partial charge in [-0.15, -0.1) is 11.3 Å². The molecular formula is C23H22N2O2S. The maximum Gasteiger partial charge on any atom is 0.238 e. The molecule has 142 valence electrons. The number of carbonyl (C=O) groups excluding carboxylic acids is 2. The lowest BCUT2D eigenvalue weighted by atomic mass is 9.93. The summed E-state index contributed by atoms with van der Waals surface area (Å²) in [6, 6.07) is 19.7. The molecule has 1 amide bonds. The second-order valence-corrected chi connectivity index (χ2v) is 8.02. The second-order valence-electron chi connectivity index (χ2n) is 7.02. The molecule has 0 saturated heterocycles. The zero-order valence-corrected chi connectivity index (χ0v) is 16.5. The zero-order valence-electron chi connectivity index (χ0n) is 15.7. The Morgan fingerprint density at radius 2 is 1.93 bits per heavy atom. The van der Waals surface area contributed by atoms with Crippen LogP contribution in [0.2, 0.25) is 0 Å². The van der Waals surface area contributed by atoms with E-state index in [9.17, 15) is 9.59 Å². The van der Waals surface area contributed by atoms with Crippen LogP contribution in [0.4, 0.5) is 5.69 Å². The molecule has 0 radical (unpaired) electrons.